The summed E-state index contributed by atoms with van der Waals surface area (Å²) in [6.45, 7) is 1.73. The van der Waals surface area contributed by atoms with E-state index in [4.69, 9.17) is 0 Å². The largest absolute Gasteiger partial charge is 0.350 e. The number of hydrogen-bond acceptors (Lipinski definition) is 4. The van der Waals surface area contributed by atoms with Crippen molar-refractivity contribution in [2.45, 2.75) is 38.4 Å². The van der Waals surface area contributed by atoms with Gasteiger partial charge in [-0.3, -0.25) is 14.3 Å². The van der Waals surface area contributed by atoms with Gasteiger partial charge in [0.2, 0.25) is 5.91 Å². The van der Waals surface area contributed by atoms with Crippen molar-refractivity contribution in [3.05, 3.63) is 76.2 Å². The molecule has 1 N–H and O–H groups in total. The molecule has 0 bridgehead atoms. The number of amides is 2. The number of nitrogens with zero attached hydrogens (tertiary/aromatic N) is 3. The number of likely N-dealkylation sites (tertiary alicyclic amines) is 1. The lowest BCUT2D eigenvalue weighted by atomic mass is 10.0. The first kappa shape index (κ1) is 19.4. The van der Waals surface area contributed by atoms with Crippen LogP contribution in [0.25, 0.3) is 0 Å². The lowest BCUT2D eigenvalue weighted by Crippen LogP contribution is -2.51. The molecule has 1 saturated heterocycles. The topological polar surface area (TPSA) is 67.2 Å². The van der Waals surface area contributed by atoms with Crippen molar-refractivity contribution in [2.75, 3.05) is 6.54 Å². The highest BCUT2D eigenvalue weighted by Gasteiger charge is 2.32. The van der Waals surface area contributed by atoms with Crippen molar-refractivity contribution in [1.82, 2.24) is 20.0 Å². The van der Waals surface area contributed by atoms with Crippen LogP contribution in [0.1, 0.15) is 40.1 Å². The first-order chi connectivity index (χ1) is 14.2. The highest BCUT2D eigenvalue weighted by atomic mass is 32.1. The first-order valence-electron chi connectivity index (χ1n) is 9.89. The van der Waals surface area contributed by atoms with Gasteiger partial charge in [0.15, 0.2) is 0 Å². The maximum Gasteiger partial charge on any atom is 0.264 e. The smallest absolute Gasteiger partial charge is 0.264 e. The molecule has 150 valence electrons. The molecule has 0 saturated carbocycles. The van der Waals surface area contributed by atoms with Crippen LogP contribution in [0.15, 0.2) is 60.2 Å². The van der Waals surface area contributed by atoms with Crippen molar-refractivity contribution < 1.29 is 9.59 Å². The Morgan fingerprint density at radius 1 is 1.10 bits per heavy atom. The molecular formula is C22H24N4O2S. The number of hydrogen-bond donors (Lipinski definition) is 1. The molecule has 1 atom stereocenters. The highest BCUT2D eigenvalue weighted by Crippen LogP contribution is 2.22. The summed E-state index contributed by atoms with van der Waals surface area (Å²) < 4.78 is 1.86. The SMILES string of the molecule is O=C(NCc1ccccc1Cn1cccn1)[C@H]1CCCCN1C(=O)c1cccs1. The molecule has 0 aliphatic carbocycles. The van der Waals surface area contributed by atoms with E-state index in [2.05, 4.69) is 16.5 Å². The summed E-state index contributed by atoms with van der Waals surface area (Å²) in [7, 11) is 0. The Morgan fingerprint density at radius 3 is 2.72 bits per heavy atom. The second-order valence-corrected chi connectivity index (χ2v) is 8.13. The van der Waals surface area contributed by atoms with Gasteiger partial charge in [0, 0.05) is 25.5 Å². The van der Waals surface area contributed by atoms with Gasteiger partial charge in [-0.2, -0.15) is 5.10 Å². The Morgan fingerprint density at radius 2 is 1.97 bits per heavy atom. The van der Waals surface area contributed by atoms with Crippen LogP contribution in [-0.4, -0.2) is 39.1 Å². The summed E-state index contributed by atoms with van der Waals surface area (Å²) in [5.74, 6) is -0.123. The van der Waals surface area contributed by atoms with Gasteiger partial charge in [0.1, 0.15) is 6.04 Å². The van der Waals surface area contributed by atoms with Crippen molar-refractivity contribution in [2.24, 2.45) is 0 Å². The van der Waals surface area contributed by atoms with Gasteiger partial charge in [0.25, 0.3) is 5.91 Å². The number of aromatic nitrogens is 2. The molecular weight excluding hydrogens is 384 g/mol. The van der Waals surface area contributed by atoms with Crippen LogP contribution in [0.5, 0.6) is 0 Å². The minimum atomic E-state index is -0.406. The molecule has 0 radical (unpaired) electrons. The number of benzene rings is 1. The molecule has 2 amide bonds. The predicted molar refractivity (Wildman–Crippen MR) is 113 cm³/mol. The van der Waals surface area contributed by atoms with Gasteiger partial charge >= 0.3 is 0 Å². The van der Waals surface area contributed by atoms with Crippen LogP contribution in [0.3, 0.4) is 0 Å². The Balaban J connectivity index is 1.43. The van der Waals surface area contributed by atoms with Crippen molar-refractivity contribution in [3.63, 3.8) is 0 Å². The van der Waals surface area contributed by atoms with Gasteiger partial charge in [-0.1, -0.05) is 30.3 Å². The van der Waals surface area contributed by atoms with Gasteiger partial charge in [-0.25, -0.2) is 0 Å². The third-order valence-electron chi connectivity index (χ3n) is 5.26. The van der Waals surface area contributed by atoms with Crippen LogP contribution in [0, 0.1) is 0 Å². The van der Waals surface area contributed by atoms with E-state index in [-0.39, 0.29) is 11.8 Å². The van der Waals surface area contributed by atoms with Crippen LogP contribution in [-0.2, 0) is 17.9 Å². The molecule has 29 heavy (non-hydrogen) atoms. The molecule has 3 aromatic rings. The zero-order valence-electron chi connectivity index (χ0n) is 16.2. The number of carbonyl (C=O) groups excluding carboxylic acids is 2. The third kappa shape index (κ3) is 4.56. The van der Waals surface area contributed by atoms with Gasteiger partial charge in [-0.15, -0.1) is 11.3 Å². The fourth-order valence-corrected chi connectivity index (χ4v) is 4.42. The summed E-state index contributed by atoms with van der Waals surface area (Å²) >= 11 is 1.42. The predicted octanol–water partition coefficient (Wildman–Crippen LogP) is 3.30. The number of carbonyl (C=O) groups is 2. The normalized spacial score (nSPS) is 16.6. The standard InChI is InChI=1S/C22H24N4O2S/c27-21(19-9-3-4-13-26(19)22(28)20-10-5-14-29-20)23-15-17-7-1-2-8-18(17)16-25-12-6-11-24-25/h1-2,5-8,10-12,14,19H,3-4,9,13,15-16H2,(H,23,27)/t19-/m1/s1. The fourth-order valence-electron chi connectivity index (χ4n) is 3.74. The van der Waals surface area contributed by atoms with E-state index >= 15 is 0 Å². The van der Waals surface area contributed by atoms with Gasteiger partial charge in [-0.05, 0) is 47.9 Å². The Hall–Kier alpha value is -2.93. The summed E-state index contributed by atoms with van der Waals surface area (Å²) in [6, 6.07) is 13.2. The van der Waals surface area contributed by atoms with Gasteiger partial charge in [0.05, 0.1) is 11.4 Å². The Bertz CT molecular complexity index is 953. The summed E-state index contributed by atoms with van der Waals surface area (Å²) in [5.41, 5.74) is 2.18. The monoisotopic (exact) mass is 408 g/mol. The van der Waals surface area contributed by atoms with E-state index < -0.39 is 6.04 Å². The lowest BCUT2D eigenvalue weighted by molar-refractivity contribution is -0.126. The minimum Gasteiger partial charge on any atom is -0.350 e. The maximum absolute atomic E-state index is 13.0. The molecule has 1 aliphatic heterocycles. The third-order valence-corrected chi connectivity index (χ3v) is 6.12. The van der Waals surface area contributed by atoms with Crippen molar-refractivity contribution in [3.8, 4) is 0 Å². The summed E-state index contributed by atoms with van der Waals surface area (Å²) in [4.78, 5) is 28.2. The molecule has 1 aromatic carbocycles. The molecule has 3 heterocycles. The molecule has 7 heteroatoms. The van der Waals surface area contributed by atoms with E-state index in [9.17, 15) is 9.59 Å². The number of rotatable bonds is 6. The van der Waals surface area contributed by atoms with Crippen LogP contribution >= 0.6 is 11.3 Å². The second-order valence-electron chi connectivity index (χ2n) is 7.18. The van der Waals surface area contributed by atoms with Crippen molar-refractivity contribution in [1.29, 1.82) is 0 Å². The zero-order chi connectivity index (χ0) is 20.1. The van der Waals surface area contributed by atoms with E-state index in [1.54, 1.807) is 11.1 Å². The van der Waals surface area contributed by atoms with Crippen LogP contribution < -0.4 is 5.32 Å². The Labute approximate surface area is 174 Å². The van der Waals surface area contributed by atoms with Crippen molar-refractivity contribution >= 4 is 23.2 Å². The molecule has 0 unspecified atom stereocenters. The number of piperidine rings is 1. The molecule has 0 spiro atoms. The molecule has 2 aromatic heterocycles. The average molecular weight is 409 g/mol. The van der Waals surface area contributed by atoms with E-state index in [1.807, 2.05) is 52.7 Å². The van der Waals surface area contributed by atoms with Gasteiger partial charge < -0.3 is 10.2 Å². The second kappa shape index (κ2) is 9.05. The molecule has 1 aliphatic rings. The lowest BCUT2D eigenvalue weighted by Gasteiger charge is -2.34. The van der Waals surface area contributed by atoms with Crippen LogP contribution in [0.4, 0.5) is 0 Å². The number of thiophene rings is 1. The average Bonchev–Trinajstić information content (AvgIpc) is 3.47. The minimum absolute atomic E-state index is 0.0427. The molecule has 6 nitrogen and oxygen atoms in total. The fraction of sp³-hybridized carbons (Fsp3) is 0.318. The first-order valence-corrected chi connectivity index (χ1v) is 10.8. The zero-order valence-corrected chi connectivity index (χ0v) is 17.0. The quantitative estimate of drug-likeness (QED) is 0.681. The van der Waals surface area contributed by atoms with E-state index in [0.29, 0.717) is 30.9 Å². The maximum atomic E-state index is 13.0. The molecule has 4 rings (SSSR count). The number of nitrogens with one attached hydrogen (secondary N) is 1. The van der Waals surface area contributed by atoms with E-state index in [0.717, 1.165) is 24.0 Å². The highest BCUT2D eigenvalue weighted by molar-refractivity contribution is 7.12. The Kier molecular flexibility index (Phi) is 6.05. The summed E-state index contributed by atoms with van der Waals surface area (Å²) in [6.07, 6.45) is 6.28. The molecule has 1 fully saturated rings. The van der Waals surface area contributed by atoms with Crippen LogP contribution in [0.2, 0.25) is 0 Å². The summed E-state index contributed by atoms with van der Waals surface area (Å²) in [5, 5.41) is 9.21. The van der Waals surface area contributed by atoms with E-state index in [1.165, 1.54) is 11.3 Å².